The Morgan fingerprint density at radius 2 is 1.73 bits per heavy atom. The van der Waals surface area contributed by atoms with Gasteiger partial charge in [-0.15, -0.1) is 11.3 Å². The molecule has 2 aliphatic rings. The number of anilines is 1. The third kappa shape index (κ3) is 9.36. The highest BCUT2D eigenvalue weighted by Gasteiger charge is 2.44. The molecule has 11 heteroatoms. The number of rotatable bonds is 12. The lowest BCUT2D eigenvalue weighted by molar-refractivity contribution is 0.000723. The van der Waals surface area contributed by atoms with Crippen LogP contribution in [-0.4, -0.2) is 74.9 Å². The third-order valence-electron chi connectivity index (χ3n) is 9.55. The molecule has 0 radical (unpaired) electrons. The van der Waals surface area contributed by atoms with Crippen molar-refractivity contribution in [3.8, 4) is 0 Å². The third-order valence-corrected chi connectivity index (χ3v) is 10.6. The number of nitrogens with zero attached hydrogens (tertiary/aromatic N) is 3. The Balaban J connectivity index is 1.28. The van der Waals surface area contributed by atoms with Gasteiger partial charge in [-0.05, 0) is 88.3 Å². The summed E-state index contributed by atoms with van der Waals surface area (Å²) in [5, 5.41) is 18.6. The van der Waals surface area contributed by atoms with Crippen LogP contribution in [0.1, 0.15) is 83.8 Å². The van der Waals surface area contributed by atoms with Crippen LogP contribution in [-0.2, 0) is 29.2 Å². The molecule has 6 rings (SSSR count). The number of aromatic nitrogens is 1. The minimum absolute atomic E-state index is 0.123. The number of aryl methyl sites for hydroxylation is 1. The van der Waals surface area contributed by atoms with Gasteiger partial charge < -0.3 is 24.8 Å². The molecule has 2 unspecified atom stereocenters. The number of aliphatic hydroxyl groups excluding tert-OH is 1. The lowest BCUT2D eigenvalue weighted by Gasteiger charge is -2.35. The van der Waals surface area contributed by atoms with Crippen molar-refractivity contribution < 1.29 is 28.6 Å². The largest absolute Gasteiger partial charge is 0.444 e. The Labute approximate surface area is 309 Å². The fourth-order valence-corrected chi connectivity index (χ4v) is 8.07. The summed E-state index contributed by atoms with van der Waals surface area (Å²) in [6.07, 6.45) is 0.534. The molecule has 1 aromatic heterocycles. The van der Waals surface area contributed by atoms with Crippen molar-refractivity contribution in [3.63, 3.8) is 0 Å². The highest BCUT2D eigenvalue weighted by molar-refractivity contribution is 7.09. The Hall–Kier alpha value is -4.32. The summed E-state index contributed by atoms with van der Waals surface area (Å²) in [5.41, 5.74) is 3.41. The van der Waals surface area contributed by atoms with Gasteiger partial charge in [0.25, 0.3) is 5.91 Å². The first-order valence-electron chi connectivity index (χ1n) is 18.0. The first-order chi connectivity index (χ1) is 25.0. The number of thiazole rings is 1. The second kappa shape index (κ2) is 16.6. The number of aliphatic hydroxyl groups is 1. The highest BCUT2D eigenvalue weighted by Crippen LogP contribution is 2.36. The average molecular weight is 729 g/mol. The number of benzene rings is 3. The number of carbonyl (C=O) groups is 2. The van der Waals surface area contributed by atoms with Gasteiger partial charge in [0, 0.05) is 28.9 Å². The molecule has 2 fully saturated rings. The Bertz CT molecular complexity index is 1800. The van der Waals surface area contributed by atoms with Crippen molar-refractivity contribution in [2.24, 2.45) is 0 Å². The number of ether oxygens (including phenoxy) is 2. The zero-order valence-corrected chi connectivity index (χ0v) is 31.2. The maximum absolute atomic E-state index is 14.4. The summed E-state index contributed by atoms with van der Waals surface area (Å²) in [5.74, 6) is -0.181. The minimum atomic E-state index is -1.08. The average Bonchev–Trinajstić information content (AvgIpc) is 3.90. The molecule has 2 aliphatic heterocycles. The van der Waals surface area contributed by atoms with Crippen LogP contribution in [0.2, 0.25) is 0 Å². The number of likely N-dealkylation sites (tertiary alicyclic amines) is 2. The van der Waals surface area contributed by atoms with E-state index in [1.54, 1.807) is 34.4 Å². The van der Waals surface area contributed by atoms with Crippen LogP contribution < -0.4 is 5.32 Å². The normalized spacial score (nSPS) is 20.2. The van der Waals surface area contributed by atoms with E-state index in [4.69, 9.17) is 9.47 Å². The second-order valence-corrected chi connectivity index (χ2v) is 15.7. The fraction of sp³-hybridized carbons (Fsp3) is 0.439. The molecular formula is C41H49FN4O5S. The molecule has 52 heavy (non-hydrogen) atoms. The van der Waals surface area contributed by atoms with E-state index in [2.05, 4.69) is 10.3 Å². The summed E-state index contributed by atoms with van der Waals surface area (Å²) < 4.78 is 26.5. The molecule has 276 valence electrons. The number of amides is 2. The van der Waals surface area contributed by atoms with Gasteiger partial charge >= 0.3 is 6.09 Å². The molecule has 0 saturated carbocycles. The molecule has 5 atom stereocenters. The van der Waals surface area contributed by atoms with Crippen LogP contribution >= 0.6 is 11.3 Å². The van der Waals surface area contributed by atoms with Crippen molar-refractivity contribution in [3.05, 3.63) is 117 Å². The number of halogens is 1. The molecule has 0 aliphatic carbocycles. The van der Waals surface area contributed by atoms with Gasteiger partial charge in [-0.2, -0.15) is 0 Å². The first kappa shape index (κ1) is 37.4. The summed E-state index contributed by atoms with van der Waals surface area (Å²) in [6, 6.07) is 23.2. The van der Waals surface area contributed by atoms with Crippen molar-refractivity contribution in [1.82, 2.24) is 14.8 Å². The number of carbonyl (C=O) groups excluding carboxylic acids is 2. The standard InChI is InChI=1S/C41H49FN4O5S/c1-27-26-52-38(43-27)35-16-11-17-45(35)39(48)31-18-30(23-42)19-32(21-31)44-34(20-28-12-7-5-8-13-28)37(47)36-22-33(50-25-29-14-9-6-10-15-29)24-46(36)40(49)51-41(2,3)4/h5-10,12-15,18-19,21,26,33-37,44,47H,11,16-17,20,22-25H2,1-4H3/t33?,34-,35+,36?,37-/m0/s1. The van der Waals surface area contributed by atoms with Gasteiger partial charge in [0.05, 0.1) is 43.5 Å². The van der Waals surface area contributed by atoms with Crippen LogP contribution in [0.3, 0.4) is 0 Å². The van der Waals surface area contributed by atoms with E-state index in [9.17, 15) is 19.1 Å². The lowest BCUT2D eigenvalue weighted by atomic mass is 9.94. The Morgan fingerprint density at radius 1 is 1.02 bits per heavy atom. The molecule has 2 N–H and O–H groups in total. The van der Waals surface area contributed by atoms with Crippen LogP contribution in [0.4, 0.5) is 14.9 Å². The molecular weight excluding hydrogens is 680 g/mol. The molecule has 0 bridgehead atoms. The maximum Gasteiger partial charge on any atom is 0.410 e. The summed E-state index contributed by atoms with van der Waals surface area (Å²) in [6.45, 7) is 7.85. The molecule has 0 spiro atoms. The van der Waals surface area contributed by atoms with Crippen LogP contribution in [0.15, 0.2) is 84.2 Å². The lowest BCUT2D eigenvalue weighted by Crippen LogP contribution is -2.51. The van der Waals surface area contributed by atoms with Crippen LogP contribution in [0.5, 0.6) is 0 Å². The van der Waals surface area contributed by atoms with Crippen molar-refractivity contribution in [2.45, 2.75) is 103 Å². The number of hydrogen-bond acceptors (Lipinski definition) is 8. The molecule has 3 heterocycles. The molecule has 2 saturated heterocycles. The van der Waals surface area contributed by atoms with Crippen molar-refractivity contribution in [1.29, 1.82) is 0 Å². The summed E-state index contributed by atoms with van der Waals surface area (Å²) in [4.78, 5) is 35.7. The summed E-state index contributed by atoms with van der Waals surface area (Å²) in [7, 11) is 0. The zero-order valence-electron chi connectivity index (χ0n) is 30.3. The van der Waals surface area contributed by atoms with E-state index in [0.717, 1.165) is 34.7 Å². The van der Waals surface area contributed by atoms with Gasteiger partial charge in [0.1, 0.15) is 17.3 Å². The van der Waals surface area contributed by atoms with E-state index in [1.165, 1.54) is 0 Å². The van der Waals surface area contributed by atoms with Gasteiger partial charge in [0.15, 0.2) is 0 Å². The van der Waals surface area contributed by atoms with Crippen molar-refractivity contribution >= 4 is 29.0 Å². The second-order valence-electron chi connectivity index (χ2n) is 14.8. The molecule has 2 amide bonds. The predicted molar refractivity (Wildman–Crippen MR) is 201 cm³/mol. The SMILES string of the molecule is Cc1csc([C@H]2CCCN2C(=O)c2cc(CF)cc(N[C@@H](Cc3ccccc3)[C@H](O)C3CC(OCc4ccccc4)CN3C(=O)OC(C)(C)C)c2)n1. The van der Waals surface area contributed by atoms with Gasteiger partial charge in [-0.1, -0.05) is 60.7 Å². The quantitative estimate of drug-likeness (QED) is 0.153. The molecule has 9 nitrogen and oxygen atoms in total. The predicted octanol–water partition coefficient (Wildman–Crippen LogP) is 7.88. The monoisotopic (exact) mass is 728 g/mol. The smallest absolute Gasteiger partial charge is 0.410 e. The van der Waals surface area contributed by atoms with E-state index < -0.39 is 36.6 Å². The Kier molecular flexibility index (Phi) is 11.9. The first-order valence-corrected chi connectivity index (χ1v) is 18.9. The molecule has 4 aromatic rings. The van der Waals surface area contributed by atoms with Gasteiger partial charge in [0.2, 0.25) is 0 Å². The van der Waals surface area contributed by atoms with Crippen molar-refractivity contribution in [2.75, 3.05) is 18.4 Å². The van der Waals surface area contributed by atoms with E-state index in [0.29, 0.717) is 42.8 Å². The number of nitrogens with one attached hydrogen (secondary N) is 1. The summed E-state index contributed by atoms with van der Waals surface area (Å²) >= 11 is 1.55. The van der Waals surface area contributed by atoms with Crippen LogP contribution in [0.25, 0.3) is 0 Å². The fourth-order valence-electron chi connectivity index (χ4n) is 7.13. The topological polar surface area (TPSA) is 104 Å². The van der Waals surface area contributed by atoms with Gasteiger partial charge in [-0.3, -0.25) is 9.69 Å². The van der Waals surface area contributed by atoms with E-state index in [1.807, 2.05) is 98.6 Å². The number of alkyl halides is 1. The maximum atomic E-state index is 14.4. The molecule has 3 aromatic carbocycles. The minimum Gasteiger partial charge on any atom is -0.444 e. The van der Waals surface area contributed by atoms with E-state index in [-0.39, 0.29) is 24.6 Å². The Morgan fingerprint density at radius 3 is 2.38 bits per heavy atom. The zero-order chi connectivity index (χ0) is 36.8. The van der Waals surface area contributed by atoms with E-state index >= 15 is 0 Å². The number of hydrogen-bond donors (Lipinski definition) is 2. The van der Waals surface area contributed by atoms with Crippen LogP contribution in [0, 0.1) is 6.92 Å². The highest BCUT2D eigenvalue weighted by atomic mass is 32.1. The van der Waals surface area contributed by atoms with Gasteiger partial charge in [-0.25, -0.2) is 14.2 Å².